The second kappa shape index (κ2) is 7.70. The van der Waals surface area contributed by atoms with Gasteiger partial charge in [-0.25, -0.2) is 0 Å². The standard InChI is InChI=1S/C23H23ClN2O2/c24-19-9-6-17(7-10-19)22-20-14-18(23-27-12-13-28-23)8-11-21(20)26(25-22)15-16-4-2-1-3-5-16/h1-7,9-10,18,23H,8,11-15H2. The van der Waals surface area contributed by atoms with Crippen LogP contribution >= 0.6 is 11.6 Å². The number of halogens is 1. The van der Waals surface area contributed by atoms with Crippen LogP contribution in [0.1, 0.15) is 23.2 Å². The average Bonchev–Trinajstić information content (AvgIpc) is 3.38. The van der Waals surface area contributed by atoms with Crippen LogP contribution in [0.3, 0.4) is 0 Å². The Kier molecular flexibility index (Phi) is 4.93. The number of hydrogen-bond acceptors (Lipinski definition) is 3. The summed E-state index contributed by atoms with van der Waals surface area (Å²) in [7, 11) is 0. The molecule has 4 nitrogen and oxygen atoms in total. The molecule has 0 saturated carbocycles. The van der Waals surface area contributed by atoms with E-state index in [0.717, 1.165) is 42.1 Å². The number of nitrogens with zero attached hydrogens (tertiary/aromatic N) is 2. The minimum atomic E-state index is -0.0799. The molecule has 0 bridgehead atoms. The number of ether oxygens (including phenoxy) is 2. The highest BCUT2D eigenvalue weighted by atomic mass is 35.5. The van der Waals surface area contributed by atoms with E-state index in [1.807, 2.05) is 18.2 Å². The summed E-state index contributed by atoms with van der Waals surface area (Å²) in [6, 6.07) is 18.5. The Hall–Kier alpha value is -2.14. The molecule has 1 fully saturated rings. The van der Waals surface area contributed by atoms with Crippen molar-refractivity contribution >= 4 is 11.6 Å². The van der Waals surface area contributed by atoms with Crippen molar-refractivity contribution in [2.45, 2.75) is 32.1 Å². The van der Waals surface area contributed by atoms with Crippen LogP contribution in [0.5, 0.6) is 0 Å². The Bertz CT molecular complexity index is 947. The van der Waals surface area contributed by atoms with Gasteiger partial charge >= 0.3 is 0 Å². The summed E-state index contributed by atoms with van der Waals surface area (Å²) in [6.07, 6.45) is 2.92. The lowest BCUT2D eigenvalue weighted by Crippen LogP contribution is -2.28. The zero-order valence-corrected chi connectivity index (χ0v) is 16.4. The van der Waals surface area contributed by atoms with E-state index >= 15 is 0 Å². The second-order valence-corrected chi connectivity index (χ2v) is 7.97. The maximum atomic E-state index is 6.11. The van der Waals surface area contributed by atoms with Gasteiger partial charge in [0.2, 0.25) is 0 Å². The first-order chi connectivity index (χ1) is 13.8. The minimum Gasteiger partial charge on any atom is -0.350 e. The third-order valence-electron chi connectivity index (χ3n) is 5.71. The van der Waals surface area contributed by atoms with Gasteiger partial charge in [-0.15, -0.1) is 0 Å². The molecular weight excluding hydrogens is 372 g/mol. The van der Waals surface area contributed by atoms with Crippen molar-refractivity contribution < 1.29 is 9.47 Å². The van der Waals surface area contributed by atoms with Crippen LogP contribution in [0.4, 0.5) is 0 Å². The Morgan fingerprint density at radius 2 is 1.75 bits per heavy atom. The maximum absolute atomic E-state index is 6.11. The Balaban J connectivity index is 1.53. The highest BCUT2D eigenvalue weighted by Crippen LogP contribution is 2.37. The van der Waals surface area contributed by atoms with Gasteiger partial charge in [0, 0.05) is 27.8 Å². The molecule has 0 spiro atoms. The largest absolute Gasteiger partial charge is 0.350 e. The molecule has 0 N–H and O–H groups in total. The molecule has 1 aliphatic carbocycles. The van der Waals surface area contributed by atoms with Gasteiger partial charge < -0.3 is 9.47 Å². The van der Waals surface area contributed by atoms with Crippen molar-refractivity contribution in [3.63, 3.8) is 0 Å². The van der Waals surface area contributed by atoms with Crippen LogP contribution in [0.25, 0.3) is 11.3 Å². The summed E-state index contributed by atoms with van der Waals surface area (Å²) in [5, 5.41) is 5.78. The van der Waals surface area contributed by atoms with Crippen LogP contribution in [0, 0.1) is 5.92 Å². The van der Waals surface area contributed by atoms with Gasteiger partial charge in [-0.2, -0.15) is 5.10 Å². The van der Waals surface area contributed by atoms with Gasteiger partial charge in [0.25, 0.3) is 0 Å². The Morgan fingerprint density at radius 3 is 2.50 bits per heavy atom. The molecule has 1 unspecified atom stereocenters. The third-order valence-corrected chi connectivity index (χ3v) is 5.96. The second-order valence-electron chi connectivity index (χ2n) is 7.54. The summed E-state index contributed by atoms with van der Waals surface area (Å²) < 4.78 is 13.8. The first-order valence-corrected chi connectivity index (χ1v) is 10.3. The van der Waals surface area contributed by atoms with Crippen molar-refractivity contribution in [2.75, 3.05) is 13.2 Å². The lowest BCUT2D eigenvalue weighted by atomic mass is 9.84. The van der Waals surface area contributed by atoms with Crippen LogP contribution in [0.15, 0.2) is 54.6 Å². The van der Waals surface area contributed by atoms with Crippen molar-refractivity contribution in [1.29, 1.82) is 0 Å². The fourth-order valence-electron chi connectivity index (χ4n) is 4.32. The molecule has 5 rings (SSSR count). The van der Waals surface area contributed by atoms with Crippen molar-refractivity contribution in [3.8, 4) is 11.3 Å². The third kappa shape index (κ3) is 3.48. The van der Waals surface area contributed by atoms with Gasteiger partial charge in [-0.1, -0.05) is 54.1 Å². The predicted octanol–water partition coefficient (Wildman–Crippen LogP) is 4.73. The molecule has 2 aliphatic rings. The summed E-state index contributed by atoms with van der Waals surface area (Å²) in [4.78, 5) is 0. The highest BCUT2D eigenvalue weighted by Gasteiger charge is 2.34. The van der Waals surface area contributed by atoms with Crippen LogP contribution in [0.2, 0.25) is 5.02 Å². The molecule has 1 atom stereocenters. The summed E-state index contributed by atoms with van der Waals surface area (Å²) in [5.41, 5.74) is 6.10. The normalized spacial score (nSPS) is 19.7. The van der Waals surface area contributed by atoms with Crippen LogP contribution in [-0.2, 0) is 28.9 Å². The van der Waals surface area contributed by atoms with Gasteiger partial charge in [0.15, 0.2) is 6.29 Å². The minimum absolute atomic E-state index is 0.0799. The van der Waals surface area contributed by atoms with Crippen molar-refractivity contribution in [2.24, 2.45) is 5.92 Å². The molecule has 28 heavy (non-hydrogen) atoms. The fourth-order valence-corrected chi connectivity index (χ4v) is 4.45. The van der Waals surface area contributed by atoms with E-state index < -0.39 is 0 Å². The fraction of sp³-hybridized carbons (Fsp3) is 0.348. The average molecular weight is 395 g/mol. The van der Waals surface area contributed by atoms with Crippen molar-refractivity contribution in [3.05, 3.63) is 76.4 Å². The molecule has 3 aromatic rings. The van der Waals surface area contributed by atoms with Crippen LogP contribution in [-0.4, -0.2) is 29.3 Å². The number of benzene rings is 2. The zero-order chi connectivity index (χ0) is 18.9. The van der Waals surface area contributed by atoms with Gasteiger partial charge in [0.05, 0.1) is 25.5 Å². The topological polar surface area (TPSA) is 36.3 Å². The van der Waals surface area contributed by atoms with E-state index in [1.165, 1.54) is 16.8 Å². The summed E-state index contributed by atoms with van der Waals surface area (Å²) >= 11 is 6.11. The SMILES string of the molecule is Clc1ccc(-c2nn(Cc3ccccc3)c3c2CC(C2OCCO2)CC3)cc1. The maximum Gasteiger partial charge on any atom is 0.160 e. The number of rotatable bonds is 4. The molecule has 1 aliphatic heterocycles. The van der Waals surface area contributed by atoms with Crippen molar-refractivity contribution in [1.82, 2.24) is 9.78 Å². The monoisotopic (exact) mass is 394 g/mol. The lowest BCUT2D eigenvalue weighted by Gasteiger charge is -2.27. The highest BCUT2D eigenvalue weighted by molar-refractivity contribution is 6.30. The molecule has 0 radical (unpaired) electrons. The molecule has 144 valence electrons. The molecule has 5 heteroatoms. The first-order valence-electron chi connectivity index (χ1n) is 9.89. The smallest absolute Gasteiger partial charge is 0.160 e. The Labute approximate surface area is 170 Å². The van der Waals surface area contributed by atoms with Gasteiger partial charge in [-0.05, 0) is 37.0 Å². The van der Waals surface area contributed by atoms with E-state index in [2.05, 4.69) is 41.1 Å². The van der Waals surface area contributed by atoms with E-state index in [-0.39, 0.29) is 6.29 Å². The van der Waals surface area contributed by atoms with E-state index in [1.54, 1.807) is 0 Å². The van der Waals surface area contributed by atoms with Crippen LogP contribution < -0.4 is 0 Å². The molecular formula is C23H23ClN2O2. The number of hydrogen-bond donors (Lipinski definition) is 0. The lowest BCUT2D eigenvalue weighted by molar-refractivity contribution is -0.0865. The molecule has 1 saturated heterocycles. The first kappa shape index (κ1) is 17.9. The predicted molar refractivity (Wildman–Crippen MR) is 109 cm³/mol. The van der Waals surface area contributed by atoms with Gasteiger partial charge in [0.1, 0.15) is 0 Å². The number of aromatic nitrogens is 2. The molecule has 2 aromatic carbocycles. The molecule has 2 heterocycles. The van der Waals surface area contributed by atoms with Gasteiger partial charge in [-0.3, -0.25) is 4.68 Å². The van der Waals surface area contributed by atoms with E-state index in [0.29, 0.717) is 19.1 Å². The zero-order valence-electron chi connectivity index (χ0n) is 15.7. The molecule has 0 amide bonds. The van der Waals surface area contributed by atoms with E-state index in [4.69, 9.17) is 26.2 Å². The van der Waals surface area contributed by atoms with E-state index in [9.17, 15) is 0 Å². The Morgan fingerprint density at radius 1 is 1.00 bits per heavy atom. The molecule has 1 aromatic heterocycles. The summed E-state index contributed by atoms with van der Waals surface area (Å²) in [5.74, 6) is 0.385. The number of fused-ring (bicyclic) bond motifs is 1. The summed E-state index contributed by atoms with van der Waals surface area (Å²) in [6.45, 7) is 2.19. The quantitative estimate of drug-likeness (QED) is 0.641.